The molecule has 1 saturated heterocycles. The quantitative estimate of drug-likeness (QED) is 0.900. The van der Waals surface area contributed by atoms with Crippen molar-refractivity contribution in [3.8, 4) is 0 Å². The standard InChI is InChI=1S/C18H25NO3/c1-18(2,13-7-9-22-10-8-13)17(21)19-15-11-12-5-3-4-6-14(12)16(15)20/h3-6,13,15-16,20H,7-11H2,1-2H3,(H,19,21)/t15-,16+/m0/s1. The summed E-state index contributed by atoms with van der Waals surface area (Å²) in [7, 11) is 0. The average Bonchev–Trinajstić information content (AvgIpc) is 2.85. The number of hydrogen-bond donors (Lipinski definition) is 2. The van der Waals surface area contributed by atoms with Crippen LogP contribution < -0.4 is 5.32 Å². The molecule has 0 bridgehead atoms. The summed E-state index contributed by atoms with van der Waals surface area (Å²) in [6.07, 6.45) is 1.94. The molecule has 2 atom stereocenters. The molecular formula is C18H25NO3. The molecule has 0 spiro atoms. The third-order valence-electron chi connectivity index (χ3n) is 5.34. The predicted molar refractivity (Wildman–Crippen MR) is 84.4 cm³/mol. The first kappa shape index (κ1) is 15.5. The number of fused-ring (bicyclic) bond motifs is 1. The van der Waals surface area contributed by atoms with Crippen LogP contribution in [0.4, 0.5) is 0 Å². The van der Waals surface area contributed by atoms with Gasteiger partial charge < -0.3 is 15.2 Å². The van der Waals surface area contributed by atoms with Gasteiger partial charge in [0, 0.05) is 18.6 Å². The molecule has 1 fully saturated rings. The molecule has 1 aromatic rings. The SMILES string of the molecule is CC(C)(C(=O)N[C@H]1Cc2ccccc2[C@H]1O)C1CCOCC1. The van der Waals surface area contributed by atoms with Gasteiger partial charge >= 0.3 is 0 Å². The van der Waals surface area contributed by atoms with Gasteiger partial charge in [-0.3, -0.25) is 4.79 Å². The van der Waals surface area contributed by atoms with Crippen LogP contribution in [-0.2, 0) is 16.0 Å². The Bertz CT molecular complexity index is 549. The molecule has 0 radical (unpaired) electrons. The third-order valence-corrected chi connectivity index (χ3v) is 5.34. The highest BCUT2D eigenvalue weighted by Gasteiger charge is 2.40. The second-order valence-electron chi connectivity index (χ2n) is 7.04. The molecule has 2 N–H and O–H groups in total. The smallest absolute Gasteiger partial charge is 0.226 e. The van der Waals surface area contributed by atoms with Crippen molar-refractivity contribution in [2.45, 2.75) is 45.3 Å². The molecule has 4 heteroatoms. The van der Waals surface area contributed by atoms with Gasteiger partial charge in [-0.15, -0.1) is 0 Å². The number of amides is 1. The second kappa shape index (κ2) is 6.01. The van der Waals surface area contributed by atoms with Gasteiger partial charge in [0.2, 0.25) is 5.91 Å². The molecular weight excluding hydrogens is 278 g/mol. The van der Waals surface area contributed by atoms with Crippen LogP contribution in [0.1, 0.15) is 43.9 Å². The maximum atomic E-state index is 12.8. The number of carbonyl (C=O) groups excluding carboxylic acids is 1. The lowest BCUT2D eigenvalue weighted by Crippen LogP contribution is -2.48. The summed E-state index contributed by atoms with van der Waals surface area (Å²) in [5, 5.41) is 13.5. The van der Waals surface area contributed by atoms with Crippen molar-refractivity contribution < 1.29 is 14.6 Å². The summed E-state index contributed by atoms with van der Waals surface area (Å²) >= 11 is 0. The van der Waals surface area contributed by atoms with Crippen LogP contribution in [-0.4, -0.2) is 30.3 Å². The minimum Gasteiger partial charge on any atom is -0.386 e. The lowest BCUT2D eigenvalue weighted by molar-refractivity contribution is -0.135. The average molecular weight is 303 g/mol. The molecule has 1 heterocycles. The topological polar surface area (TPSA) is 58.6 Å². The van der Waals surface area contributed by atoms with E-state index in [-0.39, 0.29) is 11.9 Å². The molecule has 1 amide bonds. The zero-order valence-electron chi connectivity index (χ0n) is 13.3. The first-order valence-electron chi connectivity index (χ1n) is 8.14. The van der Waals surface area contributed by atoms with E-state index in [4.69, 9.17) is 4.74 Å². The molecule has 1 aliphatic carbocycles. The number of rotatable bonds is 3. The van der Waals surface area contributed by atoms with E-state index in [9.17, 15) is 9.90 Å². The molecule has 4 nitrogen and oxygen atoms in total. The van der Waals surface area contributed by atoms with E-state index in [0.717, 1.165) is 37.2 Å². The van der Waals surface area contributed by atoms with E-state index in [1.807, 2.05) is 38.1 Å². The van der Waals surface area contributed by atoms with Crippen molar-refractivity contribution in [3.05, 3.63) is 35.4 Å². The molecule has 120 valence electrons. The third kappa shape index (κ3) is 2.77. The maximum Gasteiger partial charge on any atom is 0.226 e. The first-order valence-corrected chi connectivity index (χ1v) is 8.14. The highest BCUT2D eigenvalue weighted by Crippen LogP contribution is 2.36. The van der Waals surface area contributed by atoms with Gasteiger partial charge in [0.15, 0.2) is 0 Å². The van der Waals surface area contributed by atoms with Crippen molar-refractivity contribution in [2.75, 3.05) is 13.2 Å². The molecule has 0 aromatic heterocycles. The minimum absolute atomic E-state index is 0.0382. The molecule has 1 aliphatic heterocycles. The van der Waals surface area contributed by atoms with E-state index in [0.29, 0.717) is 12.3 Å². The van der Waals surface area contributed by atoms with Crippen molar-refractivity contribution in [1.29, 1.82) is 0 Å². The number of benzene rings is 1. The van der Waals surface area contributed by atoms with Crippen molar-refractivity contribution in [1.82, 2.24) is 5.32 Å². The highest BCUT2D eigenvalue weighted by molar-refractivity contribution is 5.82. The fraction of sp³-hybridized carbons (Fsp3) is 0.611. The minimum atomic E-state index is -0.606. The van der Waals surface area contributed by atoms with E-state index in [1.54, 1.807) is 0 Å². The number of carbonyl (C=O) groups is 1. The van der Waals surface area contributed by atoms with Gasteiger partial charge in [-0.2, -0.15) is 0 Å². The molecule has 1 aromatic carbocycles. The fourth-order valence-corrected chi connectivity index (χ4v) is 3.66. The maximum absolute atomic E-state index is 12.8. The number of aliphatic hydroxyl groups is 1. The number of nitrogens with one attached hydrogen (secondary N) is 1. The predicted octanol–water partition coefficient (Wildman–Crippen LogP) is 2.21. The van der Waals surface area contributed by atoms with E-state index >= 15 is 0 Å². The molecule has 0 saturated carbocycles. The lowest BCUT2D eigenvalue weighted by atomic mass is 9.74. The number of ether oxygens (including phenoxy) is 1. The summed E-state index contributed by atoms with van der Waals surface area (Å²) in [6, 6.07) is 7.65. The van der Waals surface area contributed by atoms with Crippen molar-refractivity contribution in [2.24, 2.45) is 11.3 Å². The summed E-state index contributed by atoms with van der Waals surface area (Å²) in [6.45, 7) is 5.48. The van der Waals surface area contributed by atoms with Crippen LogP contribution in [0.2, 0.25) is 0 Å². The highest BCUT2D eigenvalue weighted by atomic mass is 16.5. The summed E-state index contributed by atoms with van der Waals surface area (Å²) in [5.41, 5.74) is 1.64. The summed E-state index contributed by atoms with van der Waals surface area (Å²) in [4.78, 5) is 12.8. The molecule has 22 heavy (non-hydrogen) atoms. The van der Waals surface area contributed by atoms with Gasteiger partial charge in [0.25, 0.3) is 0 Å². The Morgan fingerprint density at radius 2 is 1.95 bits per heavy atom. The van der Waals surface area contributed by atoms with E-state index in [2.05, 4.69) is 5.32 Å². The Balaban J connectivity index is 1.67. The zero-order chi connectivity index (χ0) is 15.7. The second-order valence-corrected chi connectivity index (χ2v) is 7.04. The van der Waals surface area contributed by atoms with Gasteiger partial charge in [-0.25, -0.2) is 0 Å². The molecule has 2 aliphatic rings. The van der Waals surface area contributed by atoms with Gasteiger partial charge in [-0.1, -0.05) is 38.1 Å². The van der Waals surface area contributed by atoms with E-state index in [1.165, 1.54) is 0 Å². The van der Waals surface area contributed by atoms with Crippen molar-refractivity contribution >= 4 is 5.91 Å². The summed E-state index contributed by atoms with van der Waals surface area (Å²) < 4.78 is 5.40. The van der Waals surface area contributed by atoms with Crippen LogP contribution in [0, 0.1) is 11.3 Å². The largest absolute Gasteiger partial charge is 0.386 e. The number of aliphatic hydroxyl groups excluding tert-OH is 1. The zero-order valence-corrected chi connectivity index (χ0v) is 13.3. The Hall–Kier alpha value is -1.39. The van der Waals surface area contributed by atoms with Crippen LogP contribution in [0.25, 0.3) is 0 Å². The fourth-order valence-electron chi connectivity index (χ4n) is 3.66. The Kier molecular flexibility index (Phi) is 4.24. The van der Waals surface area contributed by atoms with Gasteiger partial charge in [-0.05, 0) is 36.3 Å². The Morgan fingerprint density at radius 1 is 1.27 bits per heavy atom. The van der Waals surface area contributed by atoms with Crippen molar-refractivity contribution in [3.63, 3.8) is 0 Å². The van der Waals surface area contributed by atoms with Crippen LogP contribution >= 0.6 is 0 Å². The lowest BCUT2D eigenvalue weighted by Gasteiger charge is -2.36. The van der Waals surface area contributed by atoms with Crippen LogP contribution in [0.5, 0.6) is 0 Å². The monoisotopic (exact) mass is 303 g/mol. The van der Waals surface area contributed by atoms with E-state index < -0.39 is 11.5 Å². The number of hydrogen-bond acceptors (Lipinski definition) is 3. The first-order chi connectivity index (χ1) is 10.5. The molecule has 3 rings (SSSR count). The normalized spacial score (nSPS) is 25.8. The summed E-state index contributed by atoms with van der Waals surface area (Å²) in [5.74, 6) is 0.374. The Morgan fingerprint density at radius 3 is 2.64 bits per heavy atom. The Labute approximate surface area is 131 Å². The van der Waals surface area contributed by atoms with Gasteiger partial charge in [0.1, 0.15) is 0 Å². The van der Waals surface area contributed by atoms with Crippen LogP contribution in [0.3, 0.4) is 0 Å². The van der Waals surface area contributed by atoms with Gasteiger partial charge in [0.05, 0.1) is 12.1 Å². The van der Waals surface area contributed by atoms with Crippen LogP contribution in [0.15, 0.2) is 24.3 Å². The molecule has 0 unspecified atom stereocenters.